The first-order valence-electron chi connectivity index (χ1n) is 14.5. The number of rotatable bonds is 6. The number of ketones is 1. The molecular formula is C34H33ClN2O5S2. The van der Waals surface area contributed by atoms with Crippen molar-refractivity contribution in [3.05, 3.63) is 130 Å². The van der Waals surface area contributed by atoms with Gasteiger partial charge in [0.1, 0.15) is 5.78 Å². The van der Waals surface area contributed by atoms with E-state index in [1.165, 1.54) is 8.61 Å². The van der Waals surface area contributed by atoms with Gasteiger partial charge in [0.2, 0.25) is 20.0 Å². The number of benzene rings is 4. The highest BCUT2D eigenvalue weighted by atomic mass is 35.5. The number of hydrogen-bond donors (Lipinski definition) is 0. The standard InChI is InChI=1S/C34H33ClN2O5S2/c1-23-11-15-28(16-12-23)43(39,40)36-22-30-33(20-31(36)25-7-4-3-5-8-25)37(44(41,42)29-17-13-24(2)14-18-29)32(21-34(30)38)26-9-6-10-27(35)19-26/h3-19,30-33H,20-22H2,1-2H3/t30-,31+,32+,33+/m1/s1. The topological polar surface area (TPSA) is 91.8 Å². The zero-order chi connectivity index (χ0) is 31.2. The van der Waals surface area contributed by atoms with E-state index in [1.54, 1.807) is 72.8 Å². The van der Waals surface area contributed by atoms with Gasteiger partial charge in [-0.3, -0.25) is 4.79 Å². The van der Waals surface area contributed by atoms with E-state index in [0.29, 0.717) is 10.6 Å². The molecule has 7 nitrogen and oxygen atoms in total. The Kier molecular flexibility index (Phi) is 8.28. The number of nitrogens with zero attached hydrogens (tertiary/aromatic N) is 2. The van der Waals surface area contributed by atoms with Gasteiger partial charge in [0.15, 0.2) is 0 Å². The molecule has 0 saturated carbocycles. The molecule has 10 heteroatoms. The Morgan fingerprint density at radius 2 is 1.25 bits per heavy atom. The Morgan fingerprint density at radius 1 is 0.682 bits per heavy atom. The number of carbonyl (C=O) groups is 1. The number of sulfonamides is 2. The number of piperidine rings is 2. The fourth-order valence-corrected chi connectivity index (χ4v) is 10.2. The summed E-state index contributed by atoms with van der Waals surface area (Å²) >= 11 is 6.35. The normalized spacial score (nSPS) is 23.3. The minimum atomic E-state index is -4.13. The van der Waals surface area contributed by atoms with Gasteiger partial charge in [0, 0.05) is 29.9 Å². The molecule has 4 atom stereocenters. The van der Waals surface area contributed by atoms with Crippen LogP contribution < -0.4 is 0 Å². The van der Waals surface area contributed by atoms with Crippen molar-refractivity contribution in [1.82, 2.24) is 8.61 Å². The van der Waals surface area contributed by atoms with Crippen molar-refractivity contribution in [3.63, 3.8) is 0 Å². The third-order valence-corrected chi connectivity index (χ3v) is 12.8. The number of carbonyl (C=O) groups excluding carboxylic acids is 1. The van der Waals surface area contributed by atoms with Crippen molar-refractivity contribution in [2.75, 3.05) is 6.54 Å². The summed E-state index contributed by atoms with van der Waals surface area (Å²) in [7, 11) is -8.16. The van der Waals surface area contributed by atoms with Gasteiger partial charge in [-0.1, -0.05) is 89.5 Å². The molecule has 2 heterocycles. The van der Waals surface area contributed by atoms with Crippen molar-refractivity contribution in [3.8, 4) is 0 Å². The SMILES string of the molecule is Cc1ccc(S(=O)(=O)N2C[C@H]3C(=O)C[C@@H](c4cccc(Cl)c4)N(S(=O)(=O)c4ccc(C)cc4)[C@H]3C[C@H]2c2ccccc2)cc1. The second-order valence-electron chi connectivity index (χ2n) is 11.6. The van der Waals surface area contributed by atoms with Gasteiger partial charge in [0.25, 0.3) is 0 Å². The third kappa shape index (κ3) is 5.63. The first kappa shape index (κ1) is 30.7. The largest absolute Gasteiger partial charge is 0.299 e. The maximum absolute atomic E-state index is 14.6. The first-order chi connectivity index (χ1) is 21.0. The van der Waals surface area contributed by atoms with Crippen LogP contribution in [0.5, 0.6) is 0 Å². The second kappa shape index (κ2) is 11.9. The lowest BCUT2D eigenvalue weighted by Gasteiger charge is -2.51. The predicted molar refractivity (Wildman–Crippen MR) is 170 cm³/mol. The zero-order valence-electron chi connectivity index (χ0n) is 24.4. The Bertz CT molecular complexity index is 1900. The molecule has 2 aliphatic rings. The molecule has 6 rings (SSSR count). The van der Waals surface area contributed by atoms with E-state index in [2.05, 4.69) is 0 Å². The Morgan fingerprint density at radius 3 is 1.84 bits per heavy atom. The molecule has 0 radical (unpaired) electrons. The lowest BCUT2D eigenvalue weighted by Crippen LogP contribution is -2.60. The van der Waals surface area contributed by atoms with Crippen molar-refractivity contribution < 1.29 is 21.6 Å². The van der Waals surface area contributed by atoms with E-state index in [0.717, 1.165) is 16.7 Å². The van der Waals surface area contributed by atoms with Crippen LogP contribution in [0.3, 0.4) is 0 Å². The smallest absolute Gasteiger partial charge is 0.243 e. The number of hydrogen-bond acceptors (Lipinski definition) is 5. The Hall–Kier alpha value is -3.34. The quantitative estimate of drug-likeness (QED) is 0.239. The molecule has 4 aromatic rings. The molecule has 0 unspecified atom stereocenters. The van der Waals surface area contributed by atoms with Gasteiger partial charge in [-0.25, -0.2) is 16.8 Å². The average Bonchev–Trinajstić information content (AvgIpc) is 3.01. The summed E-state index contributed by atoms with van der Waals surface area (Å²) in [6.07, 6.45) is 0.00862. The fraction of sp³-hybridized carbons (Fsp3) is 0.265. The zero-order valence-corrected chi connectivity index (χ0v) is 26.8. The van der Waals surface area contributed by atoms with Crippen LogP contribution in [0, 0.1) is 19.8 Å². The molecule has 0 aromatic heterocycles. The van der Waals surface area contributed by atoms with E-state index >= 15 is 0 Å². The van der Waals surface area contributed by atoms with E-state index < -0.39 is 44.1 Å². The molecule has 44 heavy (non-hydrogen) atoms. The van der Waals surface area contributed by atoms with Crippen molar-refractivity contribution in [1.29, 1.82) is 0 Å². The molecule has 2 fully saturated rings. The highest BCUT2D eigenvalue weighted by molar-refractivity contribution is 7.89. The van der Waals surface area contributed by atoms with Crippen molar-refractivity contribution in [2.24, 2.45) is 5.92 Å². The molecular weight excluding hydrogens is 616 g/mol. The Labute approximate surface area is 264 Å². The number of aryl methyl sites for hydroxylation is 2. The highest BCUT2D eigenvalue weighted by Gasteiger charge is 2.54. The lowest BCUT2D eigenvalue weighted by molar-refractivity contribution is -0.132. The molecule has 0 spiro atoms. The summed E-state index contributed by atoms with van der Waals surface area (Å²) in [5, 5.41) is 0.436. The molecule has 4 aromatic carbocycles. The number of Topliss-reactive ketones (excluding diaryl/α,β-unsaturated/α-hetero) is 1. The molecule has 0 amide bonds. The van der Waals surface area contributed by atoms with Crippen LogP contribution in [0.4, 0.5) is 0 Å². The predicted octanol–water partition coefficient (Wildman–Crippen LogP) is 6.48. The van der Waals surface area contributed by atoms with E-state index in [9.17, 15) is 21.6 Å². The van der Waals surface area contributed by atoms with Gasteiger partial charge in [-0.05, 0) is 67.8 Å². The van der Waals surface area contributed by atoms with Crippen LogP contribution in [-0.4, -0.2) is 43.8 Å². The lowest BCUT2D eigenvalue weighted by atomic mass is 9.77. The van der Waals surface area contributed by atoms with Crippen LogP contribution in [0.15, 0.2) is 113 Å². The van der Waals surface area contributed by atoms with Gasteiger partial charge >= 0.3 is 0 Å². The van der Waals surface area contributed by atoms with Crippen LogP contribution >= 0.6 is 11.6 Å². The Balaban J connectivity index is 1.50. The fourth-order valence-electron chi connectivity index (χ4n) is 6.46. The van der Waals surface area contributed by atoms with Gasteiger partial charge in [-0.2, -0.15) is 8.61 Å². The van der Waals surface area contributed by atoms with E-state index in [-0.39, 0.29) is 35.0 Å². The van der Waals surface area contributed by atoms with Crippen molar-refractivity contribution >= 4 is 37.4 Å². The van der Waals surface area contributed by atoms with Gasteiger partial charge in [-0.15, -0.1) is 0 Å². The van der Waals surface area contributed by atoms with Crippen LogP contribution in [-0.2, 0) is 24.8 Å². The second-order valence-corrected chi connectivity index (χ2v) is 15.8. The number of halogens is 1. The summed E-state index contributed by atoms with van der Waals surface area (Å²) in [6.45, 7) is 3.63. The molecule has 0 bridgehead atoms. The summed E-state index contributed by atoms with van der Waals surface area (Å²) in [6, 6.07) is 27.1. The molecule has 2 saturated heterocycles. The monoisotopic (exact) mass is 648 g/mol. The van der Waals surface area contributed by atoms with E-state index in [4.69, 9.17) is 11.6 Å². The molecule has 0 N–H and O–H groups in total. The van der Waals surface area contributed by atoms with Crippen LogP contribution in [0.1, 0.15) is 47.2 Å². The first-order valence-corrected chi connectivity index (χ1v) is 17.7. The maximum Gasteiger partial charge on any atom is 0.243 e. The average molecular weight is 649 g/mol. The van der Waals surface area contributed by atoms with Gasteiger partial charge in [0.05, 0.1) is 21.9 Å². The highest BCUT2D eigenvalue weighted by Crippen LogP contribution is 2.48. The minimum Gasteiger partial charge on any atom is -0.299 e. The molecule has 2 aliphatic heterocycles. The summed E-state index contributed by atoms with van der Waals surface area (Å²) in [4.78, 5) is 14.2. The maximum atomic E-state index is 14.6. The van der Waals surface area contributed by atoms with Crippen LogP contribution in [0.25, 0.3) is 0 Å². The summed E-state index contributed by atoms with van der Waals surface area (Å²) in [5.74, 6) is -1.03. The van der Waals surface area contributed by atoms with Gasteiger partial charge < -0.3 is 0 Å². The van der Waals surface area contributed by atoms with Crippen LogP contribution in [0.2, 0.25) is 5.02 Å². The summed E-state index contributed by atoms with van der Waals surface area (Å²) < 4.78 is 60.3. The molecule has 228 valence electrons. The molecule has 0 aliphatic carbocycles. The summed E-state index contributed by atoms with van der Waals surface area (Å²) in [5.41, 5.74) is 3.19. The van der Waals surface area contributed by atoms with E-state index in [1.807, 2.05) is 44.2 Å². The van der Waals surface area contributed by atoms with Crippen molar-refractivity contribution in [2.45, 2.75) is 54.6 Å². The minimum absolute atomic E-state index is 0.0962. The number of fused-ring (bicyclic) bond motifs is 1. The third-order valence-electron chi connectivity index (χ3n) is 8.74.